The fraction of sp³-hybridized carbons (Fsp3) is 0.455. The van der Waals surface area contributed by atoms with Crippen LogP contribution in [0, 0.1) is 6.92 Å². The molecule has 0 aliphatic rings. The zero-order valence-corrected chi connectivity index (χ0v) is 10.2. The molecular formula is C11H15NO3S. The predicted molar refractivity (Wildman–Crippen MR) is 62.8 cm³/mol. The first-order chi connectivity index (χ1) is 7.59. The molecule has 5 heteroatoms. The maximum absolute atomic E-state index is 10.3. The van der Waals surface area contributed by atoms with Crippen LogP contribution in [-0.2, 0) is 16.0 Å². The first-order valence-corrected chi connectivity index (χ1v) is 5.84. The van der Waals surface area contributed by atoms with Gasteiger partial charge in [-0.1, -0.05) is 0 Å². The number of hydrogen-bond acceptors (Lipinski definition) is 4. The predicted octanol–water partition coefficient (Wildman–Crippen LogP) is 2.04. The minimum absolute atomic E-state index is 0.365. The van der Waals surface area contributed by atoms with Crippen LogP contribution in [0.4, 0.5) is 0 Å². The Morgan fingerprint density at radius 2 is 2.44 bits per heavy atom. The van der Waals surface area contributed by atoms with Crippen molar-refractivity contribution >= 4 is 17.3 Å². The molecule has 16 heavy (non-hydrogen) atoms. The van der Waals surface area contributed by atoms with Crippen LogP contribution in [0.5, 0.6) is 0 Å². The first-order valence-electron chi connectivity index (χ1n) is 4.96. The Labute approximate surface area is 98.6 Å². The highest BCUT2D eigenvalue weighted by Crippen LogP contribution is 2.12. The van der Waals surface area contributed by atoms with Crippen molar-refractivity contribution in [3.63, 3.8) is 0 Å². The maximum atomic E-state index is 10.3. The molecule has 4 nitrogen and oxygen atoms in total. The Kier molecular flexibility index (Phi) is 5.14. The number of nitrogens with zero attached hydrogens (tertiary/aromatic N) is 1. The van der Waals surface area contributed by atoms with Crippen molar-refractivity contribution in [1.29, 1.82) is 0 Å². The number of thiazole rings is 1. The van der Waals surface area contributed by atoms with Gasteiger partial charge in [-0.2, -0.15) is 0 Å². The van der Waals surface area contributed by atoms with Gasteiger partial charge in [-0.3, -0.25) is 0 Å². The molecule has 1 rings (SSSR count). The Balaban J connectivity index is 2.22. The van der Waals surface area contributed by atoms with Crippen molar-refractivity contribution in [1.82, 2.24) is 4.98 Å². The normalized spacial score (nSPS) is 11.8. The fourth-order valence-corrected chi connectivity index (χ4v) is 1.98. The maximum Gasteiger partial charge on any atom is 0.328 e. The summed E-state index contributed by atoms with van der Waals surface area (Å²) in [7, 11) is 0. The van der Waals surface area contributed by atoms with Gasteiger partial charge in [0.25, 0.3) is 0 Å². The standard InChI is InChI=1S/C11H15NO3S/c1-8(5-11(13)14)6-15-4-3-10-9(2)12-7-16-10/h5,7H,3-4,6H2,1-2H3,(H,13,14). The number of aliphatic carboxylic acids is 1. The molecule has 0 spiro atoms. The SMILES string of the molecule is CC(=CC(=O)O)COCCc1scnc1C. The fourth-order valence-electron chi connectivity index (χ4n) is 1.22. The third kappa shape index (κ3) is 4.55. The van der Waals surface area contributed by atoms with Crippen LogP contribution in [0.15, 0.2) is 17.2 Å². The number of hydrogen-bond donors (Lipinski definition) is 1. The van der Waals surface area contributed by atoms with Gasteiger partial charge in [0.05, 0.1) is 24.4 Å². The lowest BCUT2D eigenvalue weighted by Gasteiger charge is -2.03. The van der Waals surface area contributed by atoms with Gasteiger partial charge in [0.2, 0.25) is 0 Å². The molecule has 0 saturated carbocycles. The summed E-state index contributed by atoms with van der Waals surface area (Å²) < 4.78 is 5.37. The second kappa shape index (κ2) is 6.40. The zero-order valence-electron chi connectivity index (χ0n) is 9.40. The molecule has 88 valence electrons. The number of carboxylic acids is 1. The van der Waals surface area contributed by atoms with Crippen molar-refractivity contribution in [2.45, 2.75) is 20.3 Å². The van der Waals surface area contributed by atoms with E-state index >= 15 is 0 Å². The van der Waals surface area contributed by atoms with Crippen LogP contribution < -0.4 is 0 Å². The molecule has 0 aromatic carbocycles. The van der Waals surface area contributed by atoms with E-state index in [2.05, 4.69) is 4.98 Å². The summed E-state index contributed by atoms with van der Waals surface area (Å²) in [6.45, 7) is 4.67. The van der Waals surface area contributed by atoms with E-state index in [4.69, 9.17) is 9.84 Å². The molecule has 0 aliphatic heterocycles. The highest BCUT2D eigenvalue weighted by Gasteiger charge is 2.01. The summed E-state index contributed by atoms with van der Waals surface area (Å²) in [5.74, 6) is -0.931. The Morgan fingerprint density at radius 3 is 3.00 bits per heavy atom. The number of rotatable bonds is 6. The molecule has 0 fully saturated rings. The van der Waals surface area contributed by atoms with Gasteiger partial charge in [-0.15, -0.1) is 11.3 Å². The lowest BCUT2D eigenvalue weighted by molar-refractivity contribution is -0.131. The zero-order chi connectivity index (χ0) is 12.0. The van der Waals surface area contributed by atoms with Crippen LogP contribution >= 0.6 is 11.3 Å². The van der Waals surface area contributed by atoms with Crippen molar-refractivity contribution < 1.29 is 14.6 Å². The summed E-state index contributed by atoms with van der Waals surface area (Å²) in [6, 6.07) is 0. The molecule has 1 N–H and O–H groups in total. The van der Waals surface area contributed by atoms with E-state index in [0.29, 0.717) is 18.8 Å². The van der Waals surface area contributed by atoms with E-state index in [9.17, 15) is 4.79 Å². The minimum Gasteiger partial charge on any atom is -0.478 e. The molecule has 1 aromatic rings. The Hall–Kier alpha value is -1.20. The van der Waals surface area contributed by atoms with Crippen molar-refractivity contribution in [2.24, 2.45) is 0 Å². The molecule has 0 unspecified atom stereocenters. The van der Waals surface area contributed by atoms with Gasteiger partial charge in [0.15, 0.2) is 0 Å². The van der Waals surface area contributed by atoms with Gasteiger partial charge < -0.3 is 9.84 Å². The summed E-state index contributed by atoms with van der Waals surface area (Å²) in [4.78, 5) is 15.7. The molecule has 1 aromatic heterocycles. The average Bonchev–Trinajstić information content (AvgIpc) is 2.58. The van der Waals surface area contributed by atoms with Crippen LogP contribution in [0.25, 0.3) is 0 Å². The number of carboxylic acid groups (broad SMARTS) is 1. The minimum atomic E-state index is -0.931. The molecule has 0 radical (unpaired) electrons. The molecule has 0 aliphatic carbocycles. The Morgan fingerprint density at radius 1 is 1.69 bits per heavy atom. The Bertz CT molecular complexity index is 384. The van der Waals surface area contributed by atoms with Crippen molar-refractivity contribution in [3.8, 4) is 0 Å². The first kappa shape index (κ1) is 12.9. The smallest absolute Gasteiger partial charge is 0.328 e. The molecular weight excluding hydrogens is 226 g/mol. The summed E-state index contributed by atoms with van der Waals surface area (Å²) in [5.41, 5.74) is 3.58. The van der Waals surface area contributed by atoms with E-state index in [-0.39, 0.29) is 0 Å². The van der Waals surface area contributed by atoms with Gasteiger partial charge in [-0.05, 0) is 19.4 Å². The lowest BCUT2D eigenvalue weighted by Crippen LogP contribution is -2.02. The summed E-state index contributed by atoms with van der Waals surface area (Å²) >= 11 is 1.62. The number of ether oxygens (including phenoxy) is 1. The average molecular weight is 241 g/mol. The van der Waals surface area contributed by atoms with Crippen molar-refractivity contribution in [3.05, 3.63) is 27.7 Å². The third-order valence-electron chi connectivity index (χ3n) is 2.02. The van der Waals surface area contributed by atoms with Gasteiger partial charge in [-0.25, -0.2) is 9.78 Å². The number of aryl methyl sites for hydroxylation is 1. The van der Waals surface area contributed by atoms with E-state index in [1.54, 1.807) is 18.3 Å². The highest BCUT2D eigenvalue weighted by atomic mass is 32.1. The van der Waals surface area contributed by atoms with Crippen molar-refractivity contribution in [2.75, 3.05) is 13.2 Å². The van der Waals surface area contributed by atoms with Crippen LogP contribution in [0.3, 0.4) is 0 Å². The molecule has 0 bridgehead atoms. The monoisotopic (exact) mass is 241 g/mol. The van der Waals surface area contributed by atoms with E-state index in [1.807, 2.05) is 12.4 Å². The number of aromatic nitrogens is 1. The van der Waals surface area contributed by atoms with E-state index in [1.165, 1.54) is 4.88 Å². The summed E-state index contributed by atoms with van der Waals surface area (Å²) in [5, 5.41) is 8.49. The van der Waals surface area contributed by atoms with Crippen LogP contribution in [0.1, 0.15) is 17.5 Å². The lowest BCUT2D eigenvalue weighted by atomic mass is 10.3. The van der Waals surface area contributed by atoms with Gasteiger partial charge in [0.1, 0.15) is 0 Å². The number of carbonyl (C=O) groups is 1. The quantitative estimate of drug-likeness (QED) is 0.611. The van der Waals surface area contributed by atoms with E-state index < -0.39 is 5.97 Å². The highest BCUT2D eigenvalue weighted by molar-refractivity contribution is 7.09. The second-order valence-corrected chi connectivity index (χ2v) is 4.43. The second-order valence-electron chi connectivity index (χ2n) is 3.49. The van der Waals surface area contributed by atoms with Gasteiger partial charge >= 0.3 is 5.97 Å². The molecule has 0 atom stereocenters. The molecule has 0 amide bonds. The summed E-state index contributed by atoms with van der Waals surface area (Å²) in [6.07, 6.45) is 1.99. The molecule has 0 saturated heterocycles. The van der Waals surface area contributed by atoms with E-state index in [0.717, 1.165) is 18.2 Å². The van der Waals surface area contributed by atoms with Gasteiger partial charge in [0, 0.05) is 17.4 Å². The van der Waals surface area contributed by atoms with Crippen LogP contribution in [0.2, 0.25) is 0 Å². The molecule has 1 heterocycles. The topological polar surface area (TPSA) is 59.4 Å². The largest absolute Gasteiger partial charge is 0.478 e. The third-order valence-corrected chi connectivity index (χ3v) is 3.01. The van der Waals surface area contributed by atoms with Crippen LogP contribution in [-0.4, -0.2) is 29.3 Å².